The van der Waals surface area contributed by atoms with E-state index in [0.29, 0.717) is 17.3 Å². The Morgan fingerprint density at radius 3 is 2.55 bits per heavy atom. The highest BCUT2D eigenvalue weighted by Gasteiger charge is 2.32. The number of benzene rings is 1. The lowest BCUT2D eigenvalue weighted by molar-refractivity contribution is -0.137. The third-order valence-electron chi connectivity index (χ3n) is 4.43. The smallest absolute Gasteiger partial charge is 0.342 e. The third-order valence-corrected chi connectivity index (χ3v) is 4.65. The Balaban J connectivity index is 0.00000306. The van der Waals surface area contributed by atoms with E-state index in [0.717, 1.165) is 18.2 Å². The predicted molar refractivity (Wildman–Crippen MR) is 117 cm³/mol. The van der Waals surface area contributed by atoms with E-state index in [9.17, 15) is 18.0 Å². The van der Waals surface area contributed by atoms with Crippen LogP contribution in [0.2, 0.25) is 5.02 Å². The molecule has 0 fully saturated rings. The molecule has 9 nitrogen and oxygen atoms in total. The van der Waals surface area contributed by atoms with Crippen molar-refractivity contribution < 1.29 is 18.0 Å². The Morgan fingerprint density at radius 2 is 1.91 bits per heavy atom. The van der Waals surface area contributed by atoms with E-state index in [-0.39, 0.29) is 24.1 Å². The topological polar surface area (TPSA) is 103 Å². The number of alkyl halides is 3. The molecule has 1 N–H and O–H groups in total. The van der Waals surface area contributed by atoms with E-state index in [1.165, 1.54) is 28.3 Å². The molecule has 3 aromatic heterocycles. The van der Waals surface area contributed by atoms with E-state index in [1.807, 2.05) is 0 Å². The molecule has 1 atom stereocenters. The van der Waals surface area contributed by atoms with Gasteiger partial charge in [-0.15, -0.1) is 0 Å². The maximum atomic E-state index is 13.0. The van der Waals surface area contributed by atoms with Crippen LogP contribution in [0.25, 0.3) is 11.5 Å². The van der Waals surface area contributed by atoms with Crippen LogP contribution in [-0.4, -0.2) is 40.4 Å². The van der Waals surface area contributed by atoms with Gasteiger partial charge in [0.05, 0.1) is 23.5 Å². The molecule has 0 saturated heterocycles. The van der Waals surface area contributed by atoms with Crippen molar-refractivity contribution >= 4 is 31.0 Å². The van der Waals surface area contributed by atoms with Gasteiger partial charge in [0.25, 0.3) is 5.91 Å². The number of carbonyl (C=O) groups excluding carboxylic acids is 1. The molecule has 14 heteroatoms. The summed E-state index contributed by atoms with van der Waals surface area (Å²) in [4.78, 5) is 24.9. The highest BCUT2D eigenvalue weighted by molar-refractivity contribution is 7.59. The summed E-state index contributed by atoms with van der Waals surface area (Å²) in [7, 11) is 0. The number of rotatable bonds is 5. The molecule has 33 heavy (non-hydrogen) atoms. The van der Waals surface area contributed by atoms with Crippen molar-refractivity contribution in [3.05, 3.63) is 77.5 Å². The molecule has 4 rings (SSSR count). The first-order chi connectivity index (χ1) is 15.2. The Labute approximate surface area is 197 Å². The molecule has 1 amide bonds. The molecule has 0 saturated carbocycles. The molecule has 3 heterocycles. The first-order valence-electron chi connectivity index (χ1n) is 9.12. The molecule has 0 bridgehead atoms. The molecule has 0 aliphatic heterocycles. The molecule has 4 aromatic rings. The summed E-state index contributed by atoms with van der Waals surface area (Å²) in [6.07, 6.45) is 1.13. The van der Waals surface area contributed by atoms with Crippen LogP contribution < -0.4 is 5.32 Å². The van der Waals surface area contributed by atoms with Gasteiger partial charge in [-0.05, 0) is 37.3 Å². The van der Waals surface area contributed by atoms with Crippen LogP contribution in [0.1, 0.15) is 34.7 Å². The fourth-order valence-corrected chi connectivity index (χ4v) is 3.17. The van der Waals surface area contributed by atoms with Crippen LogP contribution >= 0.6 is 25.1 Å². The molecule has 0 radical (unpaired) electrons. The summed E-state index contributed by atoms with van der Waals surface area (Å²) in [5.41, 5.74) is -0.559. The Hall–Kier alpha value is -3.45. The summed E-state index contributed by atoms with van der Waals surface area (Å²) >= 11 is 5.77. The summed E-state index contributed by atoms with van der Waals surface area (Å²) in [6.45, 7) is 1.62. The molecule has 1 aromatic carbocycles. The first kappa shape index (κ1) is 24.2. The first-order valence-corrected chi connectivity index (χ1v) is 9.50. The summed E-state index contributed by atoms with van der Waals surface area (Å²) in [5.74, 6) is 0.0107. The second-order valence-corrected chi connectivity index (χ2v) is 7.10. The summed E-state index contributed by atoms with van der Waals surface area (Å²) in [5, 5.41) is 10.6. The number of halogens is 4. The van der Waals surface area contributed by atoms with Crippen LogP contribution in [0.5, 0.6) is 0 Å². The van der Waals surface area contributed by atoms with Crippen LogP contribution in [0.15, 0.2) is 55.5 Å². The third kappa shape index (κ3) is 5.31. The zero-order chi connectivity index (χ0) is 22.9. The van der Waals surface area contributed by atoms with Crippen LogP contribution in [0.3, 0.4) is 0 Å². The number of amides is 1. The molecular formula is C19H16ClF3N8OS. The highest BCUT2D eigenvalue weighted by atomic mass is 35.5. The average Bonchev–Trinajstić information content (AvgIpc) is 3.45. The highest BCUT2D eigenvalue weighted by Crippen LogP contribution is 2.32. The summed E-state index contributed by atoms with van der Waals surface area (Å²) in [6, 6.07) is 5.38. The summed E-state index contributed by atoms with van der Waals surface area (Å²) < 4.78 is 42.0. The minimum Gasteiger partial charge on any atom is -0.342 e. The molecule has 0 spiro atoms. The molecular weight excluding hydrogens is 481 g/mol. The number of hydrogen-bond acceptors (Lipinski definition) is 6. The monoisotopic (exact) mass is 496 g/mol. The second-order valence-electron chi connectivity index (χ2n) is 6.67. The Bertz CT molecular complexity index is 1240. The van der Waals surface area contributed by atoms with Gasteiger partial charge in [0.15, 0.2) is 11.6 Å². The minimum atomic E-state index is -4.63. The quantitative estimate of drug-likeness (QED) is 0.453. The van der Waals surface area contributed by atoms with Crippen molar-refractivity contribution in [3.63, 3.8) is 0 Å². The van der Waals surface area contributed by atoms with Gasteiger partial charge in [0, 0.05) is 10.6 Å². The number of pyridine rings is 1. The Morgan fingerprint density at radius 1 is 1.12 bits per heavy atom. The van der Waals surface area contributed by atoms with Gasteiger partial charge in [-0.1, -0.05) is 11.6 Å². The largest absolute Gasteiger partial charge is 0.416 e. The normalized spacial score (nSPS) is 12.2. The van der Waals surface area contributed by atoms with E-state index in [4.69, 9.17) is 11.6 Å². The molecule has 0 unspecified atom stereocenters. The number of nitrogens with zero attached hydrogens (tertiary/aromatic N) is 7. The van der Waals surface area contributed by atoms with Crippen LogP contribution in [0.4, 0.5) is 13.2 Å². The second kappa shape index (κ2) is 9.58. The van der Waals surface area contributed by atoms with Crippen molar-refractivity contribution in [2.45, 2.75) is 19.1 Å². The van der Waals surface area contributed by atoms with Crippen molar-refractivity contribution in [1.82, 2.24) is 39.8 Å². The molecule has 0 aliphatic rings. The standard InChI is InChI=1S/C19H14ClF3N8O.H2S/c1-11(29-18(32)12-4-13(19(21,22)23)6-14(20)5-12)17-26-9-28-31(17)16-3-2-15(7-25-16)30-10-24-8-27-30;/h2-11H,1H3,(H,29,32);1H2/t11-;/m0./s1. The fraction of sp³-hybridized carbons (Fsp3) is 0.158. The number of hydrogen-bond donors (Lipinski definition) is 1. The SMILES string of the molecule is C[C@H](NC(=O)c1cc(Cl)cc(C(F)(F)F)c1)c1ncnn1-c1ccc(-n2cncn2)cn1.S. The average molecular weight is 497 g/mol. The molecule has 0 aliphatic carbocycles. The van der Waals surface area contributed by atoms with Crippen LogP contribution in [0, 0.1) is 0 Å². The van der Waals surface area contributed by atoms with Gasteiger partial charge in [-0.3, -0.25) is 4.79 Å². The fourth-order valence-electron chi connectivity index (χ4n) is 2.93. The van der Waals surface area contributed by atoms with E-state index in [2.05, 4.69) is 30.5 Å². The number of carbonyl (C=O) groups is 1. The van der Waals surface area contributed by atoms with Crippen LogP contribution in [-0.2, 0) is 6.18 Å². The van der Waals surface area contributed by atoms with E-state index in [1.54, 1.807) is 25.3 Å². The van der Waals surface area contributed by atoms with Gasteiger partial charge >= 0.3 is 6.18 Å². The van der Waals surface area contributed by atoms with Crippen molar-refractivity contribution in [2.24, 2.45) is 0 Å². The minimum absolute atomic E-state index is 0. The maximum Gasteiger partial charge on any atom is 0.416 e. The zero-order valence-corrected chi connectivity index (χ0v) is 18.6. The Kier molecular flexibility index (Phi) is 7.03. The van der Waals surface area contributed by atoms with Gasteiger partial charge < -0.3 is 5.32 Å². The van der Waals surface area contributed by atoms with Gasteiger partial charge in [-0.2, -0.15) is 41.5 Å². The zero-order valence-electron chi connectivity index (χ0n) is 16.8. The van der Waals surface area contributed by atoms with Crippen molar-refractivity contribution in [1.29, 1.82) is 0 Å². The van der Waals surface area contributed by atoms with Gasteiger partial charge in [0.2, 0.25) is 0 Å². The lowest BCUT2D eigenvalue weighted by Crippen LogP contribution is -2.29. The van der Waals surface area contributed by atoms with Gasteiger partial charge in [0.1, 0.15) is 19.0 Å². The van der Waals surface area contributed by atoms with Crippen molar-refractivity contribution in [2.75, 3.05) is 0 Å². The van der Waals surface area contributed by atoms with E-state index >= 15 is 0 Å². The maximum absolute atomic E-state index is 13.0. The van der Waals surface area contributed by atoms with Crippen molar-refractivity contribution in [3.8, 4) is 11.5 Å². The molecule has 172 valence electrons. The lowest BCUT2D eigenvalue weighted by Gasteiger charge is -2.15. The lowest BCUT2D eigenvalue weighted by atomic mass is 10.1. The van der Waals surface area contributed by atoms with E-state index < -0.39 is 23.7 Å². The van der Waals surface area contributed by atoms with Gasteiger partial charge in [-0.25, -0.2) is 19.6 Å². The number of aromatic nitrogens is 7. The predicted octanol–water partition coefficient (Wildman–Crippen LogP) is 3.52. The number of nitrogens with one attached hydrogen (secondary N) is 1.